The number of anilines is 1. The Morgan fingerprint density at radius 1 is 1.38 bits per heavy atom. The summed E-state index contributed by atoms with van der Waals surface area (Å²) in [4.78, 5) is 21.8. The zero-order valence-electron chi connectivity index (χ0n) is 12.2. The lowest BCUT2D eigenvalue weighted by Gasteiger charge is -2.08. The molecule has 110 valence electrons. The van der Waals surface area contributed by atoms with E-state index in [0.717, 1.165) is 11.3 Å². The van der Waals surface area contributed by atoms with Crippen molar-refractivity contribution in [2.75, 3.05) is 19.0 Å². The van der Waals surface area contributed by atoms with Crippen molar-refractivity contribution in [3.63, 3.8) is 0 Å². The van der Waals surface area contributed by atoms with Gasteiger partial charge in [0.05, 0.1) is 12.2 Å². The van der Waals surface area contributed by atoms with Crippen molar-refractivity contribution >= 4 is 17.9 Å². The Bertz CT molecular complexity index is 631. The maximum Gasteiger partial charge on any atom is 0.244 e. The zero-order chi connectivity index (χ0) is 15.2. The molecule has 0 saturated heterocycles. The fraction of sp³-hybridized carbons (Fsp3) is 0.286. The molecule has 2 aromatic rings. The molecule has 7 nitrogen and oxygen atoms in total. The van der Waals surface area contributed by atoms with E-state index >= 15 is 0 Å². The number of carbonyl (C=O) groups is 1. The summed E-state index contributed by atoms with van der Waals surface area (Å²) >= 11 is 0. The molecule has 0 aromatic carbocycles. The molecule has 0 bridgehead atoms. The SMILES string of the molecule is Cc1cc(CNC(=O)/C=C/c2cnc(N(C)C)nc2)on1. The number of nitrogens with one attached hydrogen (secondary N) is 1. The van der Waals surface area contributed by atoms with Crippen molar-refractivity contribution < 1.29 is 9.32 Å². The lowest BCUT2D eigenvalue weighted by Crippen LogP contribution is -2.19. The highest BCUT2D eigenvalue weighted by Gasteiger charge is 2.02. The second-order valence-corrected chi connectivity index (χ2v) is 4.70. The lowest BCUT2D eigenvalue weighted by molar-refractivity contribution is -0.116. The van der Waals surface area contributed by atoms with Gasteiger partial charge in [-0.05, 0) is 13.0 Å². The molecule has 7 heteroatoms. The van der Waals surface area contributed by atoms with E-state index in [-0.39, 0.29) is 5.91 Å². The number of amides is 1. The van der Waals surface area contributed by atoms with E-state index in [1.165, 1.54) is 6.08 Å². The van der Waals surface area contributed by atoms with Crippen LogP contribution >= 0.6 is 0 Å². The molecule has 0 atom stereocenters. The molecule has 2 rings (SSSR count). The summed E-state index contributed by atoms with van der Waals surface area (Å²) in [5.41, 5.74) is 1.54. The van der Waals surface area contributed by atoms with Gasteiger partial charge in [-0.2, -0.15) is 0 Å². The van der Waals surface area contributed by atoms with Crippen LogP contribution in [0.4, 0.5) is 5.95 Å². The predicted octanol–water partition coefficient (Wildman–Crippen LogP) is 1.17. The number of aromatic nitrogens is 3. The average Bonchev–Trinajstić information content (AvgIpc) is 2.89. The first kappa shape index (κ1) is 14.7. The van der Waals surface area contributed by atoms with Gasteiger partial charge in [0.2, 0.25) is 11.9 Å². The van der Waals surface area contributed by atoms with E-state index in [9.17, 15) is 4.79 Å². The minimum atomic E-state index is -0.222. The van der Waals surface area contributed by atoms with Gasteiger partial charge in [0.25, 0.3) is 0 Å². The van der Waals surface area contributed by atoms with Crippen LogP contribution in [0.25, 0.3) is 6.08 Å². The summed E-state index contributed by atoms with van der Waals surface area (Å²) in [7, 11) is 3.73. The van der Waals surface area contributed by atoms with Crippen molar-refractivity contribution in [1.82, 2.24) is 20.4 Å². The summed E-state index contributed by atoms with van der Waals surface area (Å²) in [5, 5.41) is 6.45. The Morgan fingerprint density at radius 3 is 2.67 bits per heavy atom. The summed E-state index contributed by atoms with van der Waals surface area (Å²) in [5.74, 6) is 1.02. The van der Waals surface area contributed by atoms with Crippen molar-refractivity contribution in [2.45, 2.75) is 13.5 Å². The molecule has 0 aliphatic rings. The first-order valence-electron chi connectivity index (χ1n) is 6.42. The molecule has 1 amide bonds. The van der Waals surface area contributed by atoms with E-state index in [4.69, 9.17) is 4.52 Å². The van der Waals surface area contributed by atoms with Gasteiger partial charge < -0.3 is 14.7 Å². The maximum absolute atomic E-state index is 11.7. The minimum absolute atomic E-state index is 0.222. The van der Waals surface area contributed by atoms with E-state index < -0.39 is 0 Å². The molecule has 1 N–H and O–H groups in total. The van der Waals surface area contributed by atoms with Crippen LogP contribution < -0.4 is 10.2 Å². The van der Waals surface area contributed by atoms with Gasteiger partial charge >= 0.3 is 0 Å². The molecular weight excluding hydrogens is 270 g/mol. The number of aryl methyl sites for hydroxylation is 1. The van der Waals surface area contributed by atoms with E-state index in [1.807, 2.05) is 21.0 Å². The monoisotopic (exact) mass is 287 g/mol. The molecule has 0 aliphatic heterocycles. The Hall–Kier alpha value is -2.70. The predicted molar refractivity (Wildman–Crippen MR) is 78.5 cm³/mol. The highest BCUT2D eigenvalue weighted by molar-refractivity contribution is 5.91. The molecule has 0 radical (unpaired) electrons. The van der Waals surface area contributed by atoms with Gasteiger partial charge in [0.1, 0.15) is 0 Å². The van der Waals surface area contributed by atoms with Gasteiger partial charge in [-0.25, -0.2) is 9.97 Å². The smallest absolute Gasteiger partial charge is 0.244 e. The van der Waals surface area contributed by atoms with Crippen LogP contribution in [-0.4, -0.2) is 35.1 Å². The van der Waals surface area contributed by atoms with Gasteiger partial charge in [-0.1, -0.05) is 5.16 Å². The highest BCUT2D eigenvalue weighted by Crippen LogP contribution is 2.05. The molecule has 0 saturated carbocycles. The molecule has 0 fully saturated rings. The van der Waals surface area contributed by atoms with Crippen LogP contribution in [0, 0.1) is 6.92 Å². The molecule has 21 heavy (non-hydrogen) atoms. The Labute approximate surface area is 122 Å². The van der Waals surface area contributed by atoms with Gasteiger partial charge in [0.15, 0.2) is 5.76 Å². The third-order valence-electron chi connectivity index (χ3n) is 2.60. The summed E-state index contributed by atoms with van der Waals surface area (Å²) in [6.07, 6.45) is 6.40. The number of hydrogen-bond donors (Lipinski definition) is 1. The molecule has 2 heterocycles. The minimum Gasteiger partial charge on any atom is -0.359 e. The Morgan fingerprint density at radius 2 is 2.10 bits per heavy atom. The fourth-order valence-corrected chi connectivity index (χ4v) is 1.55. The lowest BCUT2D eigenvalue weighted by atomic mass is 10.3. The molecule has 0 spiro atoms. The summed E-state index contributed by atoms with van der Waals surface area (Å²) in [6.45, 7) is 2.13. The van der Waals surface area contributed by atoms with Crippen LogP contribution in [0.2, 0.25) is 0 Å². The quantitative estimate of drug-likeness (QED) is 0.831. The molecule has 2 aromatic heterocycles. The van der Waals surface area contributed by atoms with E-state index in [0.29, 0.717) is 18.3 Å². The second kappa shape index (κ2) is 6.65. The summed E-state index contributed by atoms with van der Waals surface area (Å²) < 4.78 is 5.00. The molecule has 0 aliphatic carbocycles. The molecular formula is C14H17N5O2. The number of nitrogens with zero attached hydrogens (tertiary/aromatic N) is 4. The van der Waals surface area contributed by atoms with Gasteiger partial charge in [-0.3, -0.25) is 4.79 Å². The zero-order valence-corrected chi connectivity index (χ0v) is 12.2. The normalized spacial score (nSPS) is 10.8. The third kappa shape index (κ3) is 4.41. The van der Waals surface area contributed by atoms with Crippen molar-refractivity contribution in [2.24, 2.45) is 0 Å². The number of rotatable bonds is 5. The van der Waals surface area contributed by atoms with E-state index in [2.05, 4.69) is 20.4 Å². The fourth-order valence-electron chi connectivity index (χ4n) is 1.55. The maximum atomic E-state index is 11.7. The van der Waals surface area contributed by atoms with E-state index in [1.54, 1.807) is 29.4 Å². The Balaban J connectivity index is 1.86. The standard InChI is InChI=1S/C14H17N5O2/c1-10-6-12(21-18-10)9-15-13(20)5-4-11-7-16-14(17-8-11)19(2)3/h4-8H,9H2,1-3H3,(H,15,20)/b5-4+. The molecule has 0 unspecified atom stereocenters. The third-order valence-corrected chi connectivity index (χ3v) is 2.60. The van der Waals surface area contributed by atoms with Crippen LogP contribution in [0.5, 0.6) is 0 Å². The van der Waals surface area contributed by atoms with Crippen molar-refractivity contribution in [3.05, 3.63) is 41.6 Å². The first-order valence-corrected chi connectivity index (χ1v) is 6.42. The topological polar surface area (TPSA) is 84.2 Å². The number of carbonyl (C=O) groups excluding carboxylic acids is 1. The Kier molecular flexibility index (Phi) is 4.65. The highest BCUT2D eigenvalue weighted by atomic mass is 16.5. The van der Waals surface area contributed by atoms with Crippen molar-refractivity contribution in [1.29, 1.82) is 0 Å². The van der Waals surface area contributed by atoms with Gasteiger partial charge in [-0.15, -0.1) is 0 Å². The largest absolute Gasteiger partial charge is 0.359 e. The van der Waals surface area contributed by atoms with Crippen LogP contribution in [0.1, 0.15) is 17.0 Å². The summed E-state index contributed by atoms with van der Waals surface area (Å²) in [6, 6.07) is 1.78. The van der Waals surface area contributed by atoms with Crippen LogP contribution in [0.3, 0.4) is 0 Å². The first-order chi connectivity index (χ1) is 10.0. The van der Waals surface area contributed by atoms with Gasteiger partial charge in [0, 0.05) is 44.2 Å². The number of hydrogen-bond acceptors (Lipinski definition) is 6. The average molecular weight is 287 g/mol. The van der Waals surface area contributed by atoms with Crippen LogP contribution in [-0.2, 0) is 11.3 Å². The van der Waals surface area contributed by atoms with Crippen LogP contribution in [0.15, 0.2) is 29.1 Å². The van der Waals surface area contributed by atoms with Crippen molar-refractivity contribution in [3.8, 4) is 0 Å². The second-order valence-electron chi connectivity index (χ2n) is 4.70.